The summed E-state index contributed by atoms with van der Waals surface area (Å²) in [4.78, 5) is 14.0. The van der Waals surface area contributed by atoms with Crippen molar-refractivity contribution in [1.29, 1.82) is 0 Å². The Morgan fingerprint density at radius 1 is 1.33 bits per heavy atom. The average molecular weight is 337 g/mol. The number of likely N-dealkylation sites (tertiary alicyclic amines) is 1. The number of aliphatic hydroxyl groups is 1. The van der Waals surface area contributed by atoms with Gasteiger partial charge in [0.05, 0.1) is 32.4 Å². The normalized spacial score (nSPS) is 24.4. The van der Waals surface area contributed by atoms with Gasteiger partial charge in [0.2, 0.25) is 0 Å². The third kappa shape index (κ3) is 3.48. The molecule has 1 aromatic carbocycles. The highest BCUT2D eigenvalue weighted by atomic mass is 19.1. The first-order valence-electron chi connectivity index (χ1n) is 8.53. The van der Waals surface area contributed by atoms with Crippen LogP contribution in [0, 0.1) is 0 Å². The predicted molar refractivity (Wildman–Crippen MR) is 87.3 cm³/mol. The maximum atomic E-state index is 13.6. The van der Waals surface area contributed by atoms with E-state index in [0.29, 0.717) is 17.1 Å². The van der Waals surface area contributed by atoms with Gasteiger partial charge in [-0.1, -0.05) is 0 Å². The summed E-state index contributed by atoms with van der Waals surface area (Å²) in [7, 11) is 1.54. The summed E-state index contributed by atoms with van der Waals surface area (Å²) in [5, 5.41) is 9.35. The van der Waals surface area contributed by atoms with Gasteiger partial charge in [0.1, 0.15) is 6.17 Å². The van der Waals surface area contributed by atoms with Gasteiger partial charge in [-0.15, -0.1) is 0 Å². The van der Waals surface area contributed by atoms with E-state index < -0.39 is 12.2 Å². The van der Waals surface area contributed by atoms with Crippen molar-refractivity contribution in [3.8, 4) is 11.5 Å². The van der Waals surface area contributed by atoms with Crippen molar-refractivity contribution in [2.24, 2.45) is 0 Å². The average Bonchev–Trinajstić information content (AvgIpc) is 3.23. The second-order valence-corrected chi connectivity index (χ2v) is 6.52. The second kappa shape index (κ2) is 7.38. The highest BCUT2D eigenvalue weighted by molar-refractivity contribution is 5.95. The fourth-order valence-corrected chi connectivity index (χ4v) is 3.53. The molecule has 1 saturated carbocycles. The quantitative estimate of drug-likeness (QED) is 0.897. The minimum Gasteiger partial charge on any atom is -0.493 e. The lowest BCUT2D eigenvalue weighted by Crippen LogP contribution is -2.37. The van der Waals surface area contributed by atoms with E-state index in [2.05, 4.69) is 0 Å². The topological polar surface area (TPSA) is 59.0 Å². The number of methoxy groups -OCH3 is 1. The Labute approximate surface area is 141 Å². The number of hydrogen-bond acceptors (Lipinski definition) is 4. The lowest BCUT2D eigenvalue weighted by atomic mass is 10.1. The molecule has 1 N–H and O–H groups in total. The van der Waals surface area contributed by atoms with Gasteiger partial charge in [-0.25, -0.2) is 4.39 Å². The standard InChI is InChI=1S/C18H24FNO4/c1-23-17-8-12(6-7-16(17)24-15-4-2-3-5-15)18(22)20-10-13(19)9-14(20)11-21/h6-8,13-15,21H,2-5,9-11H2,1H3/t13-,14-/m0/s1. The van der Waals surface area contributed by atoms with Crippen LogP contribution in [-0.2, 0) is 0 Å². The zero-order valence-electron chi connectivity index (χ0n) is 13.9. The third-order valence-corrected chi connectivity index (χ3v) is 4.84. The molecule has 0 bridgehead atoms. The highest BCUT2D eigenvalue weighted by Crippen LogP contribution is 2.33. The number of alkyl halides is 1. The third-order valence-electron chi connectivity index (χ3n) is 4.84. The summed E-state index contributed by atoms with van der Waals surface area (Å²) in [5.74, 6) is 0.841. The smallest absolute Gasteiger partial charge is 0.254 e. The zero-order chi connectivity index (χ0) is 17.1. The van der Waals surface area contributed by atoms with Crippen molar-refractivity contribution in [1.82, 2.24) is 4.90 Å². The second-order valence-electron chi connectivity index (χ2n) is 6.52. The van der Waals surface area contributed by atoms with E-state index >= 15 is 0 Å². The molecule has 5 nitrogen and oxygen atoms in total. The summed E-state index contributed by atoms with van der Waals surface area (Å²) in [6, 6.07) is 4.58. The number of rotatable bonds is 5. The molecule has 2 fully saturated rings. The van der Waals surface area contributed by atoms with E-state index in [9.17, 15) is 14.3 Å². The van der Waals surface area contributed by atoms with E-state index in [1.54, 1.807) is 18.2 Å². The first-order valence-corrected chi connectivity index (χ1v) is 8.53. The molecule has 0 radical (unpaired) electrons. The van der Waals surface area contributed by atoms with Crippen molar-refractivity contribution in [2.75, 3.05) is 20.3 Å². The number of nitrogens with zero attached hydrogens (tertiary/aromatic N) is 1. The van der Waals surface area contributed by atoms with E-state index in [1.807, 2.05) is 0 Å². The molecule has 1 amide bonds. The molecule has 1 aliphatic carbocycles. The van der Waals surface area contributed by atoms with Gasteiger partial charge in [0.25, 0.3) is 5.91 Å². The van der Waals surface area contributed by atoms with Crippen LogP contribution in [0.1, 0.15) is 42.5 Å². The Balaban J connectivity index is 1.77. The minimum absolute atomic E-state index is 0.0205. The van der Waals surface area contributed by atoms with E-state index in [0.717, 1.165) is 12.8 Å². The molecule has 3 rings (SSSR count). The van der Waals surface area contributed by atoms with Crippen molar-refractivity contribution in [3.05, 3.63) is 23.8 Å². The molecule has 132 valence electrons. The Morgan fingerprint density at radius 3 is 2.75 bits per heavy atom. The first kappa shape index (κ1) is 17.0. The molecule has 1 saturated heterocycles. The molecule has 2 aliphatic rings. The van der Waals surface area contributed by atoms with Crippen molar-refractivity contribution in [3.63, 3.8) is 0 Å². The van der Waals surface area contributed by atoms with Gasteiger partial charge < -0.3 is 19.5 Å². The molecule has 24 heavy (non-hydrogen) atoms. The van der Waals surface area contributed by atoms with Crippen LogP contribution < -0.4 is 9.47 Å². The molecule has 6 heteroatoms. The Hall–Kier alpha value is -1.82. The first-order chi connectivity index (χ1) is 11.6. The van der Waals surface area contributed by atoms with Crippen LogP contribution in [0.25, 0.3) is 0 Å². The van der Waals surface area contributed by atoms with Crippen LogP contribution in [0.3, 0.4) is 0 Å². The van der Waals surface area contributed by atoms with Crippen molar-refractivity contribution in [2.45, 2.75) is 50.4 Å². The van der Waals surface area contributed by atoms with Crippen LogP contribution in [0.2, 0.25) is 0 Å². The summed E-state index contributed by atoms with van der Waals surface area (Å²) in [6.45, 7) is -0.209. The number of ether oxygens (including phenoxy) is 2. The van der Waals surface area contributed by atoms with Crippen LogP contribution in [0.15, 0.2) is 18.2 Å². The Bertz CT molecular complexity index is 588. The largest absolute Gasteiger partial charge is 0.493 e. The van der Waals surface area contributed by atoms with Crippen molar-refractivity contribution >= 4 is 5.91 Å². The maximum absolute atomic E-state index is 13.6. The fraction of sp³-hybridized carbons (Fsp3) is 0.611. The number of benzene rings is 1. The van der Waals surface area contributed by atoms with Gasteiger partial charge in [-0.2, -0.15) is 0 Å². The summed E-state index contributed by atoms with van der Waals surface area (Å²) in [6.07, 6.45) is 3.71. The monoisotopic (exact) mass is 337 g/mol. The highest BCUT2D eigenvalue weighted by Gasteiger charge is 2.35. The van der Waals surface area contributed by atoms with E-state index in [4.69, 9.17) is 9.47 Å². The molecule has 0 aromatic heterocycles. The number of aliphatic hydroxyl groups excluding tert-OH is 1. The van der Waals surface area contributed by atoms with Gasteiger partial charge in [0.15, 0.2) is 11.5 Å². The number of halogens is 1. The van der Waals surface area contributed by atoms with Crippen LogP contribution >= 0.6 is 0 Å². The van der Waals surface area contributed by atoms with Crippen LogP contribution in [0.4, 0.5) is 4.39 Å². The Kier molecular flexibility index (Phi) is 5.23. The molecular formula is C18H24FNO4. The summed E-state index contributed by atoms with van der Waals surface area (Å²) < 4.78 is 24.9. The lowest BCUT2D eigenvalue weighted by molar-refractivity contribution is 0.0672. The molecule has 1 aliphatic heterocycles. The fourth-order valence-electron chi connectivity index (χ4n) is 3.53. The zero-order valence-corrected chi connectivity index (χ0v) is 13.9. The number of hydrogen-bond donors (Lipinski definition) is 1. The van der Waals surface area contributed by atoms with Crippen LogP contribution in [-0.4, -0.2) is 54.5 Å². The van der Waals surface area contributed by atoms with E-state index in [1.165, 1.54) is 24.9 Å². The van der Waals surface area contributed by atoms with Gasteiger partial charge in [-0.3, -0.25) is 4.79 Å². The SMILES string of the molecule is COc1cc(C(=O)N2C[C@@H](F)C[C@H]2CO)ccc1OC1CCCC1. The minimum atomic E-state index is -1.09. The Morgan fingerprint density at radius 2 is 2.08 bits per heavy atom. The maximum Gasteiger partial charge on any atom is 0.254 e. The van der Waals surface area contributed by atoms with Crippen molar-refractivity contribution < 1.29 is 23.8 Å². The van der Waals surface area contributed by atoms with Gasteiger partial charge in [-0.05, 0) is 43.9 Å². The van der Waals surface area contributed by atoms with E-state index in [-0.39, 0.29) is 31.6 Å². The molecule has 0 spiro atoms. The van der Waals surface area contributed by atoms with Gasteiger partial charge >= 0.3 is 0 Å². The molecule has 1 heterocycles. The van der Waals surface area contributed by atoms with Crippen LogP contribution in [0.5, 0.6) is 11.5 Å². The number of carbonyl (C=O) groups excluding carboxylic acids is 1. The molecule has 1 aromatic rings. The number of amides is 1. The summed E-state index contributed by atoms with van der Waals surface area (Å²) >= 11 is 0. The molecule has 0 unspecified atom stereocenters. The molecule has 2 atom stereocenters. The van der Waals surface area contributed by atoms with Gasteiger partial charge in [0, 0.05) is 12.0 Å². The predicted octanol–water partition coefficient (Wildman–Crippen LogP) is 2.56. The molecular weight excluding hydrogens is 313 g/mol. The number of carbonyl (C=O) groups is 1. The summed E-state index contributed by atoms with van der Waals surface area (Å²) in [5.41, 5.74) is 0.415. The lowest BCUT2D eigenvalue weighted by Gasteiger charge is -2.23.